The third kappa shape index (κ3) is 3.38. The van der Waals surface area contributed by atoms with Crippen LogP contribution in [0.5, 0.6) is 11.5 Å². The van der Waals surface area contributed by atoms with Crippen molar-refractivity contribution in [3.05, 3.63) is 46.7 Å². The predicted octanol–water partition coefficient (Wildman–Crippen LogP) is 4.47. The average Bonchev–Trinajstić information content (AvgIpc) is 3.00. The van der Waals surface area contributed by atoms with E-state index in [9.17, 15) is 15.8 Å². The van der Waals surface area contributed by atoms with Crippen LogP contribution in [0.2, 0.25) is 0 Å². The minimum Gasteiger partial charge on any atom is -0.494 e. The number of rotatable bonds is 5. The van der Waals surface area contributed by atoms with Gasteiger partial charge in [-0.25, -0.2) is 0 Å². The maximum Gasteiger partial charge on any atom is 0.191 e. The fourth-order valence-electron chi connectivity index (χ4n) is 4.70. The second-order valence-electron chi connectivity index (χ2n) is 7.53. The summed E-state index contributed by atoms with van der Waals surface area (Å²) in [5, 5.41) is 30.3. The van der Waals surface area contributed by atoms with Crippen LogP contribution >= 0.6 is 0 Å². The Hall–Kier alpha value is -3.43. The van der Waals surface area contributed by atoms with Gasteiger partial charge in [-0.05, 0) is 62.8 Å². The van der Waals surface area contributed by atoms with Gasteiger partial charge in [-0.2, -0.15) is 15.8 Å². The van der Waals surface area contributed by atoms with Crippen molar-refractivity contribution in [3.8, 4) is 29.7 Å². The van der Waals surface area contributed by atoms with Gasteiger partial charge in [-0.3, -0.25) is 0 Å². The fraction of sp³-hybridized carbons (Fsp3) is 0.458. The smallest absolute Gasteiger partial charge is 0.191 e. The Morgan fingerprint density at radius 2 is 1.83 bits per heavy atom. The van der Waals surface area contributed by atoms with Gasteiger partial charge in [0.15, 0.2) is 5.41 Å². The Labute approximate surface area is 177 Å². The quantitative estimate of drug-likeness (QED) is 0.777. The van der Waals surface area contributed by atoms with Gasteiger partial charge in [0.05, 0.1) is 36.6 Å². The first-order valence-corrected chi connectivity index (χ1v) is 10.4. The van der Waals surface area contributed by atoms with Gasteiger partial charge in [0.25, 0.3) is 0 Å². The predicted molar refractivity (Wildman–Crippen MR) is 112 cm³/mol. The Balaban J connectivity index is 2.35. The molecule has 6 nitrogen and oxygen atoms in total. The Bertz CT molecular complexity index is 990. The van der Waals surface area contributed by atoms with Gasteiger partial charge >= 0.3 is 0 Å². The molecule has 30 heavy (non-hydrogen) atoms. The lowest BCUT2D eigenvalue weighted by molar-refractivity contribution is 0.293. The van der Waals surface area contributed by atoms with Crippen molar-refractivity contribution in [1.82, 2.24) is 0 Å². The number of nitrogens with zero attached hydrogens (tertiary/aromatic N) is 3. The van der Waals surface area contributed by atoms with Crippen LogP contribution in [0.1, 0.15) is 51.0 Å². The molecule has 0 unspecified atom stereocenters. The van der Waals surface area contributed by atoms with Crippen molar-refractivity contribution < 1.29 is 9.47 Å². The highest BCUT2D eigenvalue weighted by Crippen LogP contribution is 2.57. The largest absolute Gasteiger partial charge is 0.494 e. The van der Waals surface area contributed by atoms with E-state index in [1.807, 2.05) is 32.0 Å². The molecule has 0 fully saturated rings. The lowest BCUT2D eigenvalue weighted by atomic mass is 9.58. The minimum absolute atomic E-state index is 0.0358. The highest BCUT2D eigenvalue weighted by Gasteiger charge is 2.54. The monoisotopic (exact) mass is 402 g/mol. The van der Waals surface area contributed by atoms with Crippen LogP contribution in [0.25, 0.3) is 0 Å². The van der Waals surface area contributed by atoms with Crippen LogP contribution in [-0.2, 0) is 0 Å². The van der Waals surface area contributed by atoms with E-state index < -0.39 is 11.3 Å². The molecule has 154 valence electrons. The Morgan fingerprint density at radius 1 is 1.10 bits per heavy atom. The van der Waals surface area contributed by atoms with Gasteiger partial charge < -0.3 is 15.2 Å². The molecule has 0 saturated heterocycles. The first-order chi connectivity index (χ1) is 14.6. The molecule has 3 rings (SSSR count). The first kappa shape index (κ1) is 21.3. The van der Waals surface area contributed by atoms with E-state index >= 15 is 0 Å². The number of fused-ring (bicyclic) bond motifs is 1. The van der Waals surface area contributed by atoms with E-state index in [2.05, 4.69) is 24.3 Å². The highest BCUT2D eigenvalue weighted by molar-refractivity contribution is 5.60. The van der Waals surface area contributed by atoms with E-state index in [-0.39, 0.29) is 17.2 Å². The maximum absolute atomic E-state index is 10.2. The van der Waals surface area contributed by atoms with Gasteiger partial charge in [-0.1, -0.05) is 12.5 Å². The molecule has 6 heteroatoms. The molecule has 0 saturated carbocycles. The second kappa shape index (κ2) is 8.93. The number of allylic oxidation sites excluding steroid dienone is 4. The number of nitrogens with two attached hydrogens (primary N) is 1. The molecular formula is C24H26N4O2. The van der Waals surface area contributed by atoms with Gasteiger partial charge in [0, 0.05) is 11.5 Å². The molecule has 0 heterocycles. The summed E-state index contributed by atoms with van der Waals surface area (Å²) in [4.78, 5) is 0. The average molecular weight is 402 g/mol. The topological polar surface area (TPSA) is 116 Å². The standard InChI is InChI=1S/C24H26N4O2/c1-3-29-16-10-11-21(30-4-2)19(12-16)22-18-9-7-5-6-8-17(18)20(13-25)23(28)24(22,14-26)15-27/h8,10-12,18,22H,3-7,9,28H2,1-2H3/t18-,22-/m1/s1. The normalized spacial score (nSPS) is 22.4. The number of nitriles is 3. The zero-order valence-corrected chi connectivity index (χ0v) is 17.4. The molecule has 2 aliphatic rings. The molecular weight excluding hydrogens is 376 g/mol. The van der Waals surface area contributed by atoms with Crippen molar-refractivity contribution in [3.63, 3.8) is 0 Å². The molecule has 1 aromatic rings. The molecule has 0 aliphatic heterocycles. The molecule has 2 N–H and O–H groups in total. The lowest BCUT2D eigenvalue weighted by Crippen LogP contribution is -2.42. The number of hydrogen-bond acceptors (Lipinski definition) is 6. The van der Waals surface area contributed by atoms with Crippen LogP contribution in [-0.4, -0.2) is 13.2 Å². The van der Waals surface area contributed by atoms with Crippen LogP contribution in [0, 0.1) is 45.3 Å². The zero-order chi connectivity index (χ0) is 21.7. The third-order valence-electron chi connectivity index (χ3n) is 5.98. The van der Waals surface area contributed by atoms with Crippen molar-refractivity contribution in [2.24, 2.45) is 17.1 Å². The second-order valence-corrected chi connectivity index (χ2v) is 7.53. The molecule has 0 bridgehead atoms. The summed E-state index contributed by atoms with van der Waals surface area (Å²) in [6, 6.07) is 12.1. The summed E-state index contributed by atoms with van der Waals surface area (Å²) in [7, 11) is 0. The SMILES string of the molecule is CCOc1ccc(OCC)c([C@H]2[C@@H]3CCCCC=C3C(C#N)=C(N)C2(C#N)C#N)c1. The summed E-state index contributed by atoms with van der Waals surface area (Å²) < 4.78 is 11.6. The number of ether oxygens (including phenoxy) is 2. The number of benzene rings is 1. The van der Waals surface area contributed by atoms with Crippen molar-refractivity contribution in [2.75, 3.05) is 13.2 Å². The minimum atomic E-state index is -1.66. The molecule has 1 aromatic carbocycles. The summed E-state index contributed by atoms with van der Waals surface area (Å²) in [6.07, 6.45) is 5.61. The lowest BCUT2D eigenvalue weighted by Gasteiger charge is -2.42. The fourth-order valence-corrected chi connectivity index (χ4v) is 4.70. The molecule has 2 aliphatic carbocycles. The number of hydrogen-bond donors (Lipinski definition) is 1. The van der Waals surface area contributed by atoms with Gasteiger partial charge in [0.1, 0.15) is 17.6 Å². The summed E-state index contributed by atoms with van der Waals surface area (Å²) in [5.74, 6) is 0.520. The molecule has 0 amide bonds. The van der Waals surface area contributed by atoms with E-state index in [0.717, 1.165) is 36.8 Å². The van der Waals surface area contributed by atoms with Gasteiger partial charge in [-0.15, -0.1) is 0 Å². The summed E-state index contributed by atoms with van der Waals surface area (Å²) >= 11 is 0. The highest BCUT2D eigenvalue weighted by atomic mass is 16.5. The summed E-state index contributed by atoms with van der Waals surface area (Å²) in [5.41, 5.74) is 6.63. The van der Waals surface area contributed by atoms with E-state index in [1.54, 1.807) is 0 Å². The third-order valence-corrected chi connectivity index (χ3v) is 5.98. The molecule has 0 spiro atoms. The van der Waals surface area contributed by atoms with Gasteiger partial charge in [0.2, 0.25) is 0 Å². The molecule has 2 atom stereocenters. The summed E-state index contributed by atoms with van der Waals surface area (Å²) in [6.45, 7) is 4.73. The van der Waals surface area contributed by atoms with Crippen molar-refractivity contribution in [2.45, 2.75) is 45.4 Å². The van der Waals surface area contributed by atoms with E-state index in [0.29, 0.717) is 24.7 Å². The van der Waals surface area contributed by atoms with E-state index in [4.69, 9.17) is 15.2 Å². The Kier molecular flexibility index (Phi) is 6.34. The van der Waals surface area contributed by atoms with Crippen molar-refractivity contribution in [1.29, 1.82) is 15.8 Å². The zero-order valence-electron chi connectivity index (χ0n) is 17.4. The molecule has 0 radical (unpaired) electrons. The molecule has 0 aromatic heterocycles. The first-order valence-electron chi connectivity index (χ1n) is 10.4. The Morgan fingerprint density at radius 3 is 2.47 bits per heavy atom. The van der Waals surface area contributed by atoms with Crippen LogP contribution < -0.4 is 15.2 Å². The van der Waals surface area contributed by atoms with Crippen molar-refractivity contribution >= 4 is 0 Å². The van der Waals surface area contributed by atoms with Crippen LogP contribution in [0.3, 0.4) is 0 Å². The van der Waals surface area contributed by atoms with E-state index in [1.165, 1.54) is 0 Å². The van der Waals surface area contributed by atoms with Crippen LogP contribution in [0.15, 0.2) is 41.1 Å². The van der Waals surface area contributed by atoms with Crippen LogP contribution in [0.4, 0.5) is 0 Å². The maximum atomic E-state index is 10.2.